The van der Waals surface area contributed by atoms with Crippen LogP contribution in [-0.2, 0) is 5.54 Å². The number of likely N-dealkylation sites (tertiary alicyclic amines) is 1. The van der Waals surface area contributed by atoms with Gasteiger partial charge in [0, 0.05) is 43.4 Å². The standard InChI is InChI=1S/C16H23N5O2/c1-11-18-14(19-23-11)15(22)20-7-5-6-12(9-20)13-8-17-10-21(13)16(2,3)4/h8,10,12H,5-7,9H2,1-4H3. The normalized spacial score (nSPS) is 19.1. The summed E-state index contributed by atoms with van der Waals surface area (Å²) in [6, 6.07) is 0. The second kappa shape index (κ2) is 5.79. The van der Waals surface area contributed by atoms with Crippen molar-refractivity contribution in [1.82, 2.24) is 24.6 Å². The molecular formula is C16H23N5O2. The van der Waals surface area contributed by atoms with E-state index in [9.17, 15) is 4.79 Å². The van der Waals surface area contributed by atoms with Gasteiger partial charge >= 0.3 is 0 Å². The minimum atomic E-state index is -0.159. The zero-order valence-corrected chi connectivity index (χ0v) is 14.1. The van der Waals surface area contributed by atoms with Crippen LogP contribution in [0.15, 0.2) is 17.0 Å². The summed E-state index contributed by atoms with van der Waals surface area (Å²) in [4.78, 5) is 22.7. The maximum Gasteiger partial charge on any atom is 0.295 e. The Bertz CT molecular complexity index is 697. The molecule has 0 aromatic carbocycles. The van der Waals surface area contributed by atoms with Crippen molar-refractivity contribution < 1.29 is 9.32 Å². The van der Waals surface area contributed by atoms with Crippen LogP contribution in [0.2, 0.25) is 0 Å². The summed E-state index contributed by atoms with van der Waals surface area (Å²) >= 11 is 0. The van der Waals surface area contributed by atoms with Crippen molar-refractivity contribution in [3.63, 3.8) is 0 Å². The van der Waals surface area contributed by atoms with Crippen LogP contribution >= 0.6 is 0 Å². The molecule has 1 unspecified atom stereocenters. The molecule has 0 bridgehead atoms. The van der Waals surface area contributed by atoms with E-state index in [1.807, 2.05) is 17.4 Å². The van der Waals surface area contributed by atoms with E-state index in [0.717, 1.165) is 19.4 Å². The molecule has 3 heterocycles. The van der Waals surface area contributed by atoms with E-state index in [-0.39, 0.29) is 23.2 Å². The highest BCUT2D eigenvalue weighted by Gasteiger charge is 2.30. The van der Waals surface area contributed by atoms with Crippen molar-refractivity contribution in [2.24, 2.45) is 0 Å². The molecule has 2 aromatic rings. The molecule has 1 amide bonds. The Morgan fingerprint density at radius 2 is 2.17 bits per heavy atom. The third kappa shape index (κ3) is 3.13. The number of nitrogens with zero attached hydrogens (tertiary/aromatic N) is 5. The lowest BCUT2D eigenvalue weighted by molar-refractivity contribution is 0.0688. The predicted molar refractivity (Wildman–Crippen MR) is 84.1 cm³/mol. The van der Waals surface area contributed by atoms with Gasteiger partial charge in [0.15, 0.2) is 0 Å². The van der Waals surface area contributed by atoms with Crippen molar-refractivity contribution in [3.05, 3.63) is 29.9 Å². The predicted octanol–water partition coefficient (Wildman–Crippen LogP) is 2.35. The van der Waals surface area contributed by atoms with Gasteiger partial charge in [0.25, 0.3) is 11.7 Å². The average Bonchev–Trinajstić information content (AvgIpc) is 3.15. The highest BCUT2D eigenvalue weighted by Crippen LogP contribution is 2.30. The number of aryl methyl sites for hydroxylation is 1. The largest absolute Gasteiger partial charge is 0.339 e. The Morgan fingerprint density at radius 3 is 2.83 bits per heavy atom. The van der Waals surface area contributed by atoms with E-state index in [4.69, 9.17) is 4.52 Å². The van der Waals surface area contributed by atoms with Gasteiger partial charge in [0.2, 0.25) is 5.89 Å². The van der Waals surface area contributed by atoms with Crippen molar-refractivity contribution >= 4 is 5.91 Å². The SMILES string of the molecule is Cc1nc(C(=O)N2CCCC(c3cncn3C(C)(C)C)C2)no1. The summed E-state index contributed by atoms with van der Waals surface area (Å²) in [5.74, 6) is 0.677. The van der Waals surface area contributed by atoms with Crippen LogP contribution in [0.3, 0.4) is 0 Å². The molecule has 1 aliphatic rings. The van der Waals surface area contributed by atoms with E-state index in [1.165, 1.54) is 5.69 Å². The molecule has 7 nitrogen and oxygen atoms in total. The molecule has 1 saturated heterocycles. The van der Waals surface area contributed by atoms with Gasteiger partial charge in [-0.15, -0.1) is 0 Å². The minimum Gasteiger partial charge on any atom is -0.339 e. The van der Waals surface area contributed by atoms with Crippen LogP contribution in [-0.4, -0.2) is 43.6 Å². The number of aromatic nitrogens is 4. The van der Waals surface area contributed by atoms with Crippen molar-refractivity contribution in [3.8, 4) is 0 Å². The molecular weight excluding hydrogens is 294 g/mol. The van der Waals surface area contributed by atoms with E-state index < -0.39 is 0 Å². The number of carbonyl (C=O) groups excluding carboxylic acids is 1. The molecule has 1 atom stereocenters. The third-order valence-corrected chi connectivity index (χ3v) is 4.24. The summed E-state index contributed by atoms with van der Waals surface area (Å²) in [6.07, 6.45) is 5.81. The number of carbonyl (C=O) groups is 1. The van der Waals surface area contributed by atoms with Crippen LogP contribution in [0.25, 0.3) is 0 Å². The first-order valence-electron chi connectivity index (χ1n) is 7.98. The summed E-state index contributed by atoms with van der Waals surface area (Å²) in [7, 11) is 0. The highest BCUT2D eigenvalue weighted by molar-refractivity contribution is 5.90. The number of rotatable bonds is 2. The molecule has 1 aliphatic heterocycles. The van der Waals surface area contributed by atoms with E-state index in [1.54, 1.807) is 6.92 Å². The summed E-state index contributed by atoms with van der Waals surface area (Å²) < 4.78 is 7.12. The van der Waals surface area contributed by atoms with Gasteiger partial charge in [0.1, 0.15) is 0 Å². The molecule has 0 spiro atoms. The fraction of sp³-hybridized carbons (Fsp3) is 0.625. The van der Waals surface area contributed by atoms with Crippen molar-refractivity contribution in [2.45, 2.75) is 52.0 Å². The van der Waals surface area contributed by atoms with Gasteiger partial charge in [0.05, 0.1) is 6.33 Å². The van der Waals surface area contributed by atoms with E-state index >= 15 is 0 Å². The molecule has 1 fully saturated rings. The lowest BCUT2D eigenvalue weighted by atomic mass is 9.93. The Labute approximate surface area is 135 Å². The number of hydrogen-bond acceptors (Lipinski definition) is 5. The van der Waals surface area contributed by atoms with Crippen LogP contribution in [0.1, 0.15) is 61.7 Å². The van der Waals surface area contributed by atoms with Gasteiger partial charge < -0.3 is 14.0 Å². The lowest BCUT2D eigenvalue weighted by Crippen LogP contribution is -2.40. The smallest absolute Gasteiger partial charge is 0.295 e. The van der Waals surface area contributed by atoms with Gasteiger partial charge in [-0.25, -0.2) is 4.98 Å². The average molecular weight is 317 g/mol. The molecule has 7 heteroatoms. The quantitative estimate of drug-likeness (QED) is 0.849. The molecule has 0 radical (unpaired) electrons. The summed E-state index contributed by atoms with van der Waals surface area (Å²) in [5, 5.41) is 3.74. The Kier molecular flexibility index (Phi) is 3.95. The van der Waals surface area contributed by atoms with E-state index in [0.29, 0.717) is 12.4 Å². The molecule has 0 N–H and O–H groups in total. The maximum absolute atomic E-state index is 12.5. The second-order valence-electron chi connectivity index (χ2n) is 7.09. The van der Waals surface area contributed by atoms with Crippen LogP contribution in [0, 0.1) is 6.92 Å². The zero-order valence-electron chi connectivity index (χ0n) is 14.1. The van der Waals surface area contributed by atoms with Gasteiger partial charge in [-0.1, -0.05) is 5.16 Å². The first kappa shape index (κ1) is 15.7. The Morgan fingerprint density at radius 1 is 1.39 bits per heavy atom. The van der Waals surface area contributed by atoms with Gasteiger partial charge in [-0.05, 0) is 33.6 Å². The summed E-state index contributed by atoms with van der Waals surface area (Å²) in [6.45, 7) is 9.55. The minimum absolute atomic E-state index is 0.0249. The lowest BCUT2D eigenvalue weighted by Gasteiger charge is -2.34. The number of hydrogen-bond donors (Lipinski definition) is 0. The van der Waals surface area contributed by atoms with E-state index in [2.05, 4.69) is 40.5 Å². The Hall–Kier alpha value is -2.18. The maximum atomic E-state index is 12.5. The van der Waals surface area contributed by atoms with Gasteiger partial charge in [-0.3, -0.25) is 4.79 Å². The molecule has 2 aromatic heterocycles. The topological polar surface area (TPSA) is 77.1 Å². The highest BCUT2D eigenvalue weighted by atomic mass is 16.5. The van der Waals surface area contributed by atoms with Crippen LogP contribution in [0.4, 0.5) is 0 Å². The van der Waals surface area contributed by atoms with Crippen LogP contribution in [0.5, 0.6) is 0 Å². The molecule has 0 aliphatic carbocycles. The molecule has 23 heavy (non-hydrogen) atoms. The third-order valence-electron chi connectivity index (χ3n) is 4.24. The van der Waals surface area contributed by atoms with Gasteiger partial charge in [-0.2, -0.15) is 4.98 Å². The van der Waals surface area contributed by atoms with Crippen molar-refractivity contribution in [2.75, 3.05) is 13.1 Å². The zero-order chi connectivity index (χ0) is 16.6. The number of imidazole rings is 1. The summed E-state index contributed by atoms with van der Waals surface area (Å²) in [5.41, 5.74) is 1.16. The van der Waals surface area contributed by atoms with Crippen molar-refractivity contribution in [1.29, 1.82) is 0 Å². The molecule has 3 rings (SSSR count). The molecule has 124 valence electrons. The second-order valence-corrected chi connectivity index (χ2v) is 7.09. The fourth-order valence-electron chi connectivity index (χ4n) is 3.10. The monoisotopic (exact) mass is 317 g/mol. The Balaban J connectivity index is 1.79. The fourth-order valence-corrected chi connectivity index (χ4v) is 3.10. The van der Waals surface area contributed by atoms with Crippen LogP contribution < -0.4 is 0 Å². The first-order valence-corrected chi connectivity index (χ1v) is 7.98. The molecule has 0 saturated carbocycles. The first-order chi connectivity index (χ1) is 10.9. The number of amides is 1. The number of piperidine rings is 1.